The molecule has 1 saturated heterocycles. The molecule has 0 saturated carbocycles. The number of rotatable bonds is 7. The van der Waals surface area contributed by atoms with Gasteiger partial charge in [-0.05, 0) is 54.5 Å². The van der Waals surface area contributed by atoms with E-state index in [4.69, 9.17) is 4.74 Å². The van der Waals surface area contributed by atoms with E-state index in [0.717, 1.165) is 13.1 Å². The van der Waals surface area contributed by atoms with Gasteiger partial charge in [-0.15, -0.1) is 0 Å². The van der Waals surface area contributed by atoms with Gasteiger partial charge in [-0.3, -0.25) is 0 Å². The molecule has 0 aliphatic carbocycles. The Hall–Kier alpha value is -0.120. The van der Waals surface area contributed by atoms with Gasteiger partial charge in [0.15, 0.2) is 0 Å². The van der Waals surface area contributed by atoms with Crippen LogP contribution in [0.15, 0.2) is 0 Å². The van der Waals surface area contributed by atoms with Crippen LogP contribution in [0.4, 0.5) is 0 Å². The normalized spacial score (nSPS) is 28.5. The molecule has 1 aliphatic heterocycles. The number of unbranched alkanes of at least 4 members (excludes halogenated alkanes) is 2. The Morgan fingerprint density at radius 3 is 2.10 bits per heavy atom. The summed E-state index contributed by atoms with van der Waals surface area (Å²) in [6.45, 7) is 17.0. The summed E-state index contributed by atoms with van der Waals surface area (Å²) in [5.74, 6) is 0.168. The van der Waals surface area contributed by atoms with E-state index in [2.05, 4.69) is 39.5 Å². The van der Waals surface area contributed by atoms with Crippen molar-refractivity contribution in [1.82, 2.24) is 4.90 Å². The molecule has 0 bridgehead atoms. The minimum absolute atomic E-state index is 0.168. The lowest BCUT2D eigenvalue weighted by molar-refractivity contribution is -0.0915. The maximum Gasteiger partial charge on any atom is 0.0896 e. The standard InChI is InChI=1S/C17H35NO2/c1-8-9-10-11-18(13(2)3)12-14-15(19)17(6,7)20-16(14,4)5/h13-15,19H,8-12H2,1-7H3. The van der Waals surface area contributed by atoms with Crippen molar-refractivity contribution in [3.8, 4) is 0 Å². The highest BCUT2D eigenvalue weighted by molar-refractivity contribution is 5.02. The Morgan fingerprint density at radius 1 is 1.10 bits per heavy atom. The predicted octanol–water partition coefficient (Wildman–Crippen LogP) is 3.45. The monoisotopic (exact) mass is 285 g/mol. The predicted molar refractivity (Wildman–Crippen MR) is 85.0 cm³/mol. The van der Waals surface area contributed by atoms with Gasteiger partial charge in [-0.2, -0.15) is 0 Å². The zero-order valence-electron chi connectivity index (χ0n) is 14.6. The average Bonchev–Trinajstić information content (AvgIpc) is 2.45. The summed E-state index contributed by atoms with van der Waals surface area (Å²) in [7, 11) is 0. The number of ether oxygens (including phenoxy) is 1. The molecule has 1 aliphatic rings. The van der Waals surface area contributed by atoms with Crippen LogP contribution in [-0.4, -0.2) is 46.4 Å². The summed E-state index contributed by atoms with van der Waals surface area (Å²) in [6.07, 6.45) is 3.37. The van der Waals surface area contributed by atoms with Crippen molar-refractivity contribution in [3.05, 3.63) is 0 Å². The van der Waals surface area contributed by atoms with E-state index in [9.17, 15) is 5.11 Å². The fraction of sp³-hybridized carbons (Fsp3) is 1.00. The first kappa shape index (κ1) is 17.9. The van der Waals surface area contributed by atoms with Gasteiger partial charge in [0.1, 0.15) is 0 Å². The Balaban J connectivity index is 2.72. The first-order chi connectivity index (χ1) is 9.12. The zero-order valence-corrected chi connectivity index (χ0v) is 14.6. The van der Waals surface area contributed by atoms with Crippen LogP contribution in [0.3, 0.4) is 0 Å². The molecule has 0 radical (unpaired) electrons. The second-order valence-corrected chi connectivity index (χ2v) is 7.66. The topological polar surface area (TPSA) is 32.7 Å². The molecule has 1 fully saturated rings. The van der Waals surface area contributed by atoms with Gasteiger partial charge in [-0.1, -0.05) is 19.8 Å². The summed E-state index contributed by atoms with van der Waals surface area (Å²) in [5.41, 5.74) is -0.707. The highest BCUT2D eigenvalue weighted by Gasteiger charge is 2.53. The Kier molecular flexibility index (Phi) is 6.06. The molecule has 120 valence electrons. The zero-order chi connectivity index (χ0) is 15.6. The average molecular weight is 285 g/mol. The van der Waals surface area contributed by atoms with Gasteiger partial charge in [0.05, 0.1) is 17.3 Å². The molecule has 0 spiro atoms. The highest BCUT2D eigenvalue weighted by atomic mass is 16.5. The molecule has 1 heterocycles. The summed E-state index contributed by atoms with van der Waals surface area (Å²) < 4.78 is 6.09. The fourth-order valence-electron chi connectivity index (χ4n) is 3.38. The number of nitrogens with zero attached hydrogens (tertiary/aromatic N) is 1. The third-order valence-corrected chi connectivity index (χ3v) is 4.72. The second kappa shape index (κ2) is 6.76. The SMILES string of the molecule is CCCCCN(CC1C(O)C(C)(C)OC1(C)C)C(C)C. The maximum atomic E-state index is 10.6. The maximum absolute atomic E-state index is 10.6. The van der Waals surface area contributed by atoms with E-state index in [-0.39, 0.29) is 11.5 Å². The summed E-state index contributed by atoms with van der Waals surface area (Å²) in [5, 5.41) is 10.6. The Bertz CT molecular complexity index is 299. The summed E-state index contributed by atoms with van der Waals surface area (Å²) >= 11 is 0. The van der Waals surface area contributed by atoms with E-state index in [0.29, 0.717) is 6.04 Å². The van der Waals surface area contributed by atoms with Crippen LogP contribution in [-0.2, 0) is 4.74 Å². The van der Waals surface area contributed by atoms with E-state index >= 15 is 0 Å². The molecular weight excluding hydrogens is 250 g/mol. The van der Waals surface area contributed by atoms with Gasteiger partial charge >= 0.3 is 0 Å². The molecular formula is C17H35NO2. The van der Waals surface area contributed by atoms with Gasteiger partial charge in [-0.25, -0.2) is 0 Å². The molecule has 0 aromatic heterocycles. The number of aliphatic hydroxyl groups excluding tert-OH is 1. The van der Waals surface area contributed by atoms with Crippen molar-refractivity contribution in [3.63, 3.8) is 0 Å². The molecule has 0 aromatic rings. The van der Waals surface area contributed by atoms with E-state index < -0.39 is 11.7 Å². The van der Waals surface area contributed by atoms with Crippen LogP contribution in [0.5, 0.6) is 0 Å². The quantitative estimate of drug-likeness (QED) is 0.727. The van der Waals surface area contributed by atoms with Crippen LogP contribution >= 0.6 is 0 Å². The molecule has 3 heteroatoms. The van der Waals surface area contributed by atoms with Crippen molar-refractivity contribution in [1.29, 1.82) is 0 Å². The van der Waals surface area contributed by atoms with Crippen LogP contribution < -0.4 is 0 Å². The molecule has 20 heavy (non-hydrogen) atoms. The Labute approximate surface area is 125 Å². The van der Waals surface area contributed by atoms with E-state index in [1.807, 2.05) is 13.8 Å². The summed E-state index contributed by atoms with van der Waals surface area (Å²) in [6, 6.07) is 0.513. The van der Waals surface area contributed by atoms with Gasteiger partial charge in [0.25, 0.3) is 0 Å². The third-order valence-electron chi connectivity index (χ3n) is 4.72. The molecule has 2 unspecified atom stereocenters. The van der Waals surface area contributed by atoms with Gasteiger partial charge < -0.3 is 14.7 Å². The lowest BCUT2D eigenvalue weighted by atomic mass is 9.84. The second-order valence-electron chi connectivity index (χ2n) is 7.66. The van der Waals surface area contributed by atoms with E-state index in [1.165, 1.54) is 19.3 Å². The molecule has 0 amide bonds. The van der Waals surface area contributed by atoms with Gasteiger partial charge in [0, 0.05) is 18.5 Å². The van der Waals surface area contributed by atoms with Crippen LogP contribution in [0.25, 0.3) is 0 Å². The molecule has 1 N–H and O–H groups in total. The van der Waals surface area contributed by atoms with Crippen LogP contribution in [0.2, 0.25) is 0 Å². The molecule has 1 rings (SSSR count). The highest BCUT2D eigenvalue weighted by Crippen LogP contribution is 2.42. The summed E-state index contributed by atoms with van der Waals surface area (Å²) in [4.78, 5) is 2.50. The first-order valence-electron chi connectivity index (χ1n) is 8.24. The number of aliphatic hydroxyl groups is 1. The minimum Gasteiger partial charge on any atom is -0.390 e. The molecule has 3 nitrogen and oxygen atoms in total. The molecule has 0 aromatic carbocycles. The minimum atomic E-state index is -0.444. The van der Waals surface area contributed by atoms with Crippen molar-refractivity contribution in [2.75, 3.05) is 13.1 Å². The lowest BCUT2D eigenvalue weighted by Crippen LogP contribution is -2.45. The largest absolute Gasteiger partial charge is 0.390 e. The van der Waals surface area contributed by atoms with Crippen LogP contribution in [0, 0.1) is 5.92 Å². The van der Waals surface area contributed by atoms with Gasteiger partial charge in [0.2, 0.25) is 0 Å². The fourth-order valence-corrected chi connectivity index (χ4v) is 3.38. The first-order valence-corrected chi connectivity index (χ1v) is 8.24. The van der Waals surface area contributed by atoms with Crippen molar-refractivity contribution in [2.24, 2.45) is 5.92 Å². The molecule has 2 atom stereocenters. The third kappa shape index (κ3) is 4.19. The van der Waals surface area contributed by atoms with Crippen molar-refractivity contribution < 1.29 is 9.84 Å². The number of hydrogen-bond donors (Lipinski definition) is 1. The van der Waals surface area contributed by atoms with Crippen molar-refractivity contribution >= 4 is 0 Å². The van der Waals surface area contributed by atoms with Crippen LogP contribution in [0.1, 0.15) is 67.7 Å². The number of hydrogen-bond acceptors (Lipinski definition) is 3. The van der Waals surface area contributed by atoms with Crippen molar-refractivity contribution in [2.45, 2.75) is 91.1 Å². The lowest BCUT2D eigenvalue weighted by Gasteiger charge is -2.35. The smallest absolute Gasteiger partial charge is 0.0896 e. The Morgan fingerprint density at radius 2 is 1.70 bits per heavy atom. The van der Waals surface area contributed by atoms with E-state index in [1.54, 1.807) is 0 Å².